The fourth-order valence-electron chi connectivity index (χ4n) is 2.34. The molecule has 0 bridgehead atoms. The molecule has 0 unspecified atom stereocenters. The number of ether oxygens (including phenoxy) is 2. The number of hydrogen-bond donors (Lipinski definition) is 2. The molecular weight excluding hydrogens is 376 g/mol. The highest BCUT2D eigenvalue weighted by molar-refractivity contribution is 5.84. The van der Waals surface area contributed by atoms with Crippen molar-refractivity contribution < 1.29 is 14.3 Å². The van der Waals surface area contributed by atoms with Crippen LogP contribution >= 0.6 is 0 Å². The number of hydrogen-bond acceptors (Lipinski definition) is 4. The quantitative estimate of drug-likeness (QED) is 0.349. The topological polar surface area (TPSA) is 59.6 Å². The van der Waals surface area contributed by atoms with E-state index in [1.54, 1.807) is 0 Å². The van der Waals surface area contributed by atoms with Crippen LogP contribution in [0.4, 0.5) is 10.5 Å². The minimum Gasteiger partial charge on any atom is -0.493 e. The summed E-state index contributed by atoms with van der Waals surface area (Å²) in [6.07, 6.45) is 12.0. The number of unbranched alkanes of at least 4 members (excludes halogenated alkanes) is 3. The molecule has 1 amide bonds. The molecule has 5 nitrogen and oxygen atoms in total. The molecule has 0 heterocycles. The monoisotopic (exact) mass is 418 g/mol. The number of anilines is 1. The van der Waals surface area contributed by atoms with Crippen molar-refractivity contribution >= 4 is 11.8 Å². The van der Waals surface area contributed by atoms with Crippen molar-refractivity contribution in [2.24, 2.45) is 0 Å². The van der Waals surface area contributed by atoms with Crippen LogP contribution in [0.2, 0.25) is 0 Å². The number of amides is 1. The minimum atomic E-state index is -0.395. The van der Waals surface area contributed by atoms with E-state index in [9.17, 15) is 4.79 Å². The second-order valence-corrected chi connectivity index (χ2v) is 7.16. The molecule has 0 saturated carbocycles. The van der Waals surface area contributed by atoms with Gasteiger partial charge in [0.15, 0.2) is 0 Å². The van der Waals surface area contributed by atoms with Crippen LogP contribution in [-0.4, -0.2) is 19.3 Å². The van der Waals surface area contributed by atoms with Gasteiger partial charge in [0.2, 0.25) is 0 Å². The van der Waals surface area contributed by atoms with E-state index >= 15 is 0 Å². The molecule has 0 saturated heterocycles. The van der Waals surface area contributed by atoms with Crippen molar-refractivity contribution in [1.29, 1.82) is 0 Å². The zero-order valence-electron chi connectivity index (χ0n) is 19.8. The Kier molecular flexibility index (Phi) is 17.1. The molecule has 170 valence electrons. The molecule has 1 aromatic carbocycles. The van der Waals surface area contributed by atoms with Crippen molar-refractivity contribution in [3.63, 3.8) is 0 Å². The summed E-state index contributed by atoms with van der Waals surface area (Å²) in [6, 6.07) is 5.60. The highest BCUT2D eigenvalue weighted by Gasteiger charge is 2.05. The normalized spacial score (nSPS) is 10.9. The van der Waals surface area contributed by atoms with Gasteiger partial charge in [-0.05, 0) is 76.2 Å². The fraction of sp³-hybridized carbons (Fsp3) is 0.560. The van der Waals surface area contributed by atoms with E-state index in [4.69, 9.17) is 9.47 Å². The van der Waals surface area contributed by atoms with Crippen LogP contribution in [-0.2, 0) is 4.74 Å². The summed E-state index contributed by atoms with van der Waals surface area (Å²) < 4.78 is 10.8. The van der Waals surface area contributed by atoms with Gasteiger partial charge in [-0.1, -0.05) is 51.7 Å². The van der Waals surface area contributed by atoms with Crippen LogP contribution in [0.15, 0.2) is 42.2 Å². The largest absolute Gasteiger partial charge is 0.493 e. The third kappa shape index (κ3) is 14.6. The van der Waals surface area contributed by atoms with Gasteiger partial charge >= 0.3 is 6.09 Å². The maximum atomic E-state index is 11.6. The average Bonchev–Trinajstić information content (AvgIpc) is 2.73. The number of rotatable bonds is 12. The second-order valence-electron chi connectivity index (χ2n) is 7.16. The Balaban J connectivity index is 0.000000787. The van der Waals surface area contributed by atoms with Gasteiger partial charge in [-0.25, -0.2) is 4.79 Å². The molecule has 0 aliphatic rings. The first-order chi connectivity index (χ1) is 14.5. The van der Waals surface area contributed by atoms with Crippen LogP contribution in [0.5, 0.6) is 5.75 Å². The number of allylic oxidation sites excluding steroid dienone is 2. The molecule has 1 aromatic rings. The summed E-state index contributed by atoms with van der Waals surface area (Å²) >= 11 is 0. The average molecular weight is 419 g/mol. The summed E-state index contributed by atoms with van der Waals surface area (Å²) in [5, 5.41) is 5.78. The van der Waals surface area contributed by atoms with E-state index in [1.807, 2.05) is 50.5 Å². The molecule has 0 atom stereocenters. The molecule has 30 heavy (non-hydrogen) atoms. The van der Waals surface area contributed by atoms with Crippen molar-refractivity contribution in [3.8, 4) is 5.75 Å². The molecule has 0 aliphatic carbocycles. The first-order valence-corrected chi connectivity index (χ1v) is 11.2. The van der Waals surface area contributed by atoms with Gasteiger partial charge in [0, 0.05) is 5.69 Å². The summed E-state index contributed by atoms with van der Waals surface area (Å²) in [6.45, 7) is 13.6. The van der Waals surface area contributed by atoms with Gasteiger partial charge in [-0.3, -0.25) is 5.32 Å². The second kappa shape index (κ2) is 18.6. The van der Waals surface area contributed by atoms with E-state index < -0.39 is 6.09 Å². The van der Waals surface area contributed by atoms with E-state index in [0.717, 1.165) is 42.7 Å². The lowest BCUT2D eigenvalue weighted by atomic mass is 10.2. The van der Waals surface area contributed by atoms with Gasteiger partial charge in [-0.2, -0.15) is 0 Å². The molecule has 0 spiro atoms. The molecule has 2 N–H and O–H groups in total. The highest BCUT2D eigenvalue weighted by atomic mass is 16.5. The minimum absolute atomic E-state index is 0.395. The van der Waals surface area contributed by atoms with Crippen LogP contribution in [0, 0.1) is 6.92 Å². The third-order valence-corrected chi connectivity index (χ3v) is 4.26. The number of carbonyl (C=O) groups excluding carboxylic acids is 1. The number of nitrogens with one attached hydrogen (secondary N) is 2. The van der Waals surface area contributed by atoms with Crippen molar-refractivity contribution in [2.45, 2.75) is 80.1 Å². The summed E-state index contributed by atoms with van der Waals surface area (Å²) in [5.41, 5.74) is 3.10. The molecule has 0 aliphatic heterocycles. The zero-order chi connectivity index (χ0) is 22.6. The van der Waals surface area contributed by atoms with Crippen LogP contribution in [0.3, 0.4) is 0 Å². The van der Waals surface area contributed by atoms with E-state index in [1.165, 1.54) is 18.4 Å². The Labute approximate surface area is 183 Å². The molecule has 0 fully saturated rings. The summed E-state index contributed by atoms with van der Waals surface area (Å²) in [5.74, 6) is 0.857. The van der Waals surface area contributed by atoms with Gasteiger partial charge in [0.1, 0.15) is 5.75 Å². The van der Waals surface area contributed by atoms with E-state index in [-0.39, 0.29) is 0 Å². The van der Waals surface area contributed by atoms with Crippen LogP contribution in [0.25, 0.3) is 0 Å². The maximum absolute atomic E-state index is 11.6. The van der Waals surface area contributed by atoms with E-state index in [2.05, 4.69) is 38.3 Å². The summed E-state index contributed by atoms with van der Waals surface area (Å²) in [7, 11) is 0. The van der Waals surface area contributed by atoms with Gasteiger partial charge in [0.25, 0.3) is 0 Å². The predicted octanol–water partition coefficient (Wildman–Crippen LogP) is 7.34. The SMILES string of the molecule is C/C=C\N/C=C(\C)CC.CCCCCCOC(=O)Nc1ccc(OCCC)c(C)c1. The Morgan fingerprint density at radius 3 is 2.43 bits per heavy atom. The molecular formula is C25H42N2O3. The van der Waals surface area contributed by atoms with Crippen molar-refractivity contribution in [2.75, 3.05) is 18.5 Å². The number of benzene rings is 1. The predicted molar refractivity (Wildman–Crippen MR) is 128 cm³/mol. The Bertz CT molecular complexity index is 639. The first kappa shape index (κ1) is 27.6. The smallest absolute Gasteiger partial charge is 0.411 e. The van der Waals surface area contributed by atoms with Crippen LogP contribution < -0.4 is 15.4 Å². The third-order valence-electron chi connectivity index (χ3n) is 4.26. The molecule has 5 heteroatoms. The van der Waals surface area contributed by atoms with Crippen LogP contribution in [0.1, 0.15) is 78.7 Å². The maximum Gasteiger partial charge on any atom is 0.411 e. The lowest BCUT2D eigenvalue weighted by Gasteiger charge is -2.11. The summed E-state index contributed by atoms with van der Waals surface area (Å²) in [4.78, 5) is 11.6. The zero-order valence-corrected chi connectivity index (χ0v) is 19.8. The fourth-order valence-corrected chi connectivity index (χ4v) is 2.34. The Morgan fingerprint density at radius 1 is 1.07 bits per heavy atom. The molecule has 0 radical (unpaired) electrons. The van der Waals surface area contributed by atoms with Gasteiger partial charge in [0.05, 0.1) is 13.2 Å². The van der Waals surface area contributed by atoms with Gasteiger partial charge in [-0.15, -0.1) is 0 Å². The first-order valence-electron chi connectivity index (χ1n) is 11.2. The number of carbonyl (C=O) groups is 1. The Morgan fingerprint density at radius 2 is 1.83 bits per heavy atom. The number of aryl methyl sites for hydroxylation is 1. The van der Waals surface area contributed by atoms with Gasteiger partial charge < -0.3 is 14.8 Å². The molecule has 1 rings (SSSR count). The Hall–Kier alpha value is -2.43. The van der Waals surface area contributed by atoms with Crippen molar-refractivity contribution in [1.82, 2.24) is 5.32 Å². The standard InChI is InChI=1S/C17H27NO3.C8H15N/c1-4-6-7-8-12-21-17(19)18-15-9-10-16(14(3)13-15)20-11-5-2;1-4-6-9-7-8(3)5-2/h9-10,13H,4-8,11-12H2,1-3H3,(H,18,19);4,6-7,9H,5H2,1-3H3/b;6-4-,8-7+. The highest BCUT2D eigenvalue weighted by Crippen LogP contribution is 2.22. The van der Waals surface area contributed by atoms with E-state index in [0.29, 0.717) is 13.2 Å². The lowest BCUT2D eigenvalue weighted by molar-refractivity contribution is 0.159. The lowest BCUT2D eigenvalue weighted by Crippen LogP contribution is -2.14. The molecule has 0 aromatic heterocycles. The van der Waals surface area contributed by atoms with Crippen molar-refractivity contribution in [3.05, 3.63) is 47.8 Å².